The molecule has 0 bridgehead atoms. The summed E-state index contributed by atoms with van der Waals surface area (Å²) in [6.07, 6.45) is 1.36. The number of benzene rings is 2. The van der Waals surface area contributed by atoms with Gasteiger partial charge in [-0.3, -0.25) is 4.79 Å². The molecular formula is C24H22ClN3O3S2. The molecule has 170 valence electrons. The Morgan fingerprint density at radius 3 is 2.55 bits per heavy atom. The Labute approximate surface area is 201 Å². The van der Waals surface area contributed by atoms with Gasteiger partial charge in [-0.2, -0.15) is 5.10 Å². The van der Waals surface area contributed by atoms with Crippen molar-refractivity contribution in [1.29, 1.82) is 0 Å². The van der Waals surface area contributed by atoms with Crippen molar-refractivity contribution in [2.75, 3.05) is 12.8 Å². The molecule has 33 heavy (non-hydrogen) atoms. The van der Waals surface area contributed by atoms with E-state index in [1.165, 1.54) is 17.6 Å². The number of likely N-dealkylation sites (N-methyl/N-ethyl adjacent to an activating group) is 1. The van der Waals surface area contributed by atoms with Crippen molar-refractivity contribution >= 4 is 38.7 Å². The molecule has 0 aliphatic carbocycles. The summed E-state index contributed by atoms with van der Waals surface area (Å²) in [7, 11) is -3.30. The molecule has 0 aliphatic rings. The first-order chi connectivity index (χ1) is 15.8. The topological polar surface area (TPSA) is 81.1 Å². The molecule has 4 aromatic rings. The summed E-state index contributed by atoms with van der Waals surface area (Å²) < 4.78 is 25.7. The minimum Gasteiger partial charge on any atom is -0.356 e. The van der Waals surface area contributed by atoms with E-state index in [9.17, 15) is 13.2 Å². The molecule has 2 heterocycles. The van der Waals surface area contributed by atoms with Crippen LogP contribution < -0.4 is 5.32 Å². The second kappa shape index (κ2) is 9.51. The van der Waals surface area contributed by atoms with E-state index in [-0.39, 0.29) is 17.2 Å². The van der Waals surface area contributed by atoms with Crippen LogP contribution in [0.3, 0.4) is 0 Å². The molecule has 0 spiro atoms. The molecule has 0 atom stereocenters. The molecule has 0 radical (unpaired) electrons. The first-order valence-corrected chi connectivity index (χ1v) is 13.4. The molecule has 0 fully saturated rings. The number of hydrogen-bond acceptors (Lipinski definition) is 5. The third kappa shape index (κ3) is 5.19. The van der Waals surface area contributed by atoms with Crippen molar-refractivity contribution in [1.82, 2.24) is 15.1 Å². The standard InChI is InChI=1S/C24H22ClN3O3S2/c1-3-26-24(29)15-17-14-21(28(27-17)20-10-5-4-9-19(20)25)23-12-11-22(32-23)16-7-6-8-18(13-16)33(2,30)31/h4-14H,3,15H2,1-2H3,(H,26,29). The predicted octanol–water partition coefficient (Wildman–Crippen LogP) is 5.00. The lowest BCUT2D eigenvalue weighted by Gasteiger charge is -2.08. The minimum absolute atomic E-state index is 0.0997. The fourth-order valence-electron chi connectivity index (χ4n) is 3.43. The van der Waals surface area contributed by atoms with E-state index in [4.69, 9.17) is 11.6 Å². The number of rotatable bonds is 7. The average molecular weight is 500 g/mol. The zero-order valence-corrected chi connectivity index (χ0v) is 20.5. The van der Waals surface area contributed by atoms with Crippen molar-refractivity contribution in [2.45, 2.75) is 18.2 Å². The van der Waals surface area contributed by atoms with E-state index < -0.39 is 9.84 Å². The zero-order valence-electron chi connectivity index (χ0n) is 18.1. The summed E-state index contributed by atoms with van der Waals surface area (Å²) in [6.45, 7) is 2.43. The first kappa shape index (κ1) is 23.2. The van der Waals surface area contributed by atoms with Gasteiger partial charge in [0.2, 0.25) is 5.91 Å². The van der Waals surface area contributed by atoms with Gasteiger partial charge in [-0.05, 0) is 55.0 Å². The number of nitrogens with zero attached hydrogens (tertiary/aromatic N) is 2. The summed E-state index contributed by atoms with van der Waals surface area (Å²) >= 11 is 7.97. The molecule has 2 aromatic carbocycles. The number of para-hydroxylation sites is 1. The summed E-state index contributed by atoms with van der Waals surface area (Å²) in [6, 6.07) is 20.1. The highest BCUT2D eigenvalue weighted by Crippen LogP contribution is 2.37. The van der Waals surface area contributed by atoms with Gasteiger partial charge in [-0.25, -0.2) is 13.1 Å². The second-order valence-corrected chi connectivity index (χ2v) is 11.0. The number of thiophene rings is 1. The van der Waals surface area contributed by atoms with E-state index in [0.717, 1.165) is 21.0 Å². The number of halogens is 1. The van der Waals surface area contributed by atoms with Gasteiger partial charge in [0.15, 0.2) is 9.84 Å². The first-order valence-electron chi connectivity index (χ1n) is 10.3. The van der Waals surface area contributed by atoms with Crippen LogP contribution in [0.15, 0.2) is 71.6 Å². The number of carbonyl (C=O) groups is 1. The van der Waals surface area contributed by atoms with Crippen molar-refractivity contribution in [2.24, 2.45) is 0 Å². The van der Waals surface area contributed by atoms with E-state index in [0.29, 0.717) is 22.9 Å². The third-order valence-electron chi connectivity index (χ3n) is 4.96. The number of hydrogen-bond donors (Lipinski definition) is 1. The molecule has 2 aromatic heterocycles. The Bertz CT molecular complexity index is 1420. The largest absolute Gasteiger partial charge is 0.356 e. The van der Waals surface area contributed by atoms with E-state index in [1.54, 1.807) is 28.9 Å². The van der Waals surface area contributed by atoms with Gasteiger partial charge >= 0.3 is 0 Å². The molecule has 1 amide bonds. The highest BCUT2D eigenvalue weighted by Gasteiger charge is 2.18. The number of aromatic nitrogens is 2. The second-order valence-electron chi connectivity index (χ2n) is 7.48. The quantitative estimate of drug-likeness (QED) is 0.388. The maximum Gasteiger partial charge on any atom is 0.226 e. The molecular weight excluding hydrogens is 478 g/mol. The SMILES string of the molecule is CCNC(=O)Cc1cc(-c2ccc(-c3cccc(S(C)(=O)=O)c3)s2)n(-c2ccccc2Cl)n1. The van der Waals surface area contributed by atoms with Gasteiger partial charge in [0, 0.05) is 17.7 Å². The average Bonchev–Trinajstić information content (AvgIpc) is 3.41. The van der Waals surface area contributed by atoms with Crippen LogP contribution in [0.2, 0.25) is 5.02 Å². The van der Waals surface area contributed by atoms with Crippen LogP contribution in [0, 0.1) is 0 Å². The maximum atomic E-state index is 12.1. The zero-order chi connectivity index (χ0) is 23.6. The highest BCUT2D eigenvalue weighted by atomic mass is 35.5. The van der Waals surface area contributed by atoms with Crippen LogP contribution in [0.5, 0.6) is 0 Å². The van der Waals surface area contributed by atoms with Gasteiger partial charge in [0.1, 0.15) is 0 Å². The molecule has 1 N–H and O–H groups in total. The Balaban J connectivity index is 1.78. The molecule has 0 saturated carbocycles. The predicted molar refractivity (Wildman–Crippen MR) is 133 cm³/mol. The van der Waals surface area contributed by atoms with Crippen LogP contribution in [0.1, 0.15) is 12.6 Å². The van der Waals surface area contributed by atoms with E-state index in [1.807, 2.05) is 49.4 Å². The summed E-state index contributed by atoms with van der Waals surface area (Å²) in [5.74, 6) is -0.0997. The summed E-state index contributed by atoms with van der Waals surface area (Å²) in [5, 5.41) is 8.01. The van der Waals surface area contributed by atoms with Crippen LogP contribution in [-0.4, -0.2) is 36.9 Å². The number of carbonyl (C=O) groups excluding carboxylic acids is 1. The molecule has 9 heteroatoms. The maximum absolute atomic E-state index is 12.1. The minimum atomic E-state index is -3.30. The van der Waals surface area contributed by atoms with E-state index in [2.05, 4.69) is 10.4 Å². The van der Waals surface area contributed by atoms with E-state index >= 15 is 0 Å². The summed E-state index contributed by atoms with van der Waals surface area (Å²) in [4.78, 5) is 14.3. The van der Waals surface area contributed by atoms with Crippen molar-refractivity contribution in [3.8, 4) is 26.7 Å². The van der Waals surface area contributed by atoms with Crippen molar-refractivity contribution in [3.05, 3.63) is 77.4 Å². The van der Waals surface area contributed by atoms with Crippen LogP contribution in [-0.2, 0) is 21.1 Å². The fourth-order valence-corrected chi connectivity index (χ4v) is 5.32. The number of nitrogens with one attached hydrogen (secondary N) is 1. The van der Waals surface area contributed by atoms with Gasteiger partial charge in [0.25, 0.3) is 0 Å². The Morgan fingerprint density at radius 1 is 1.06 bits per heavy atom. The van der Waals surface area contributed by atoms with Gasteiger partial charge in [-0.15, -0.1) is 11.3 Å². The van der Waals surface area contributed by atoms with Crippen molar-refractivity contribution < 1.29 is 13.2 Å². The Morgan fingerprint density at radius 2 is 1.82 bits per heavy atom. The normalized spacial score (nSPS) is 11.5. The van der Waals surface area contributed by atoms with Gasteiger partial charge in [0.05, 0.1) is 38.3 Å². The Hall–Kier alpha value is -2.94. The molecule has 0 saturated heterocycles. The highest BCUT2D eigenvalue weighted by molar-refractivity contribution is 7.90. The van der Waals surface area contributed by atoms with Gasteiger partial charge in [-0.1, -0.05) is 35.9 Å². The van der Waals surface area contributed by atoms with Crippen molar-refractivity contribution in [3.63, 3.8) is 0 Å². The lowest BCUT2D eigenvalue weighted by molar-refractivity contribution is -0.120. The van der Waals surface area contributed by atoms with Crippen LogP contribution in [0.4, 0.5) is 0 Å². The monoisotopic (exact) mass is 499 g/mol. The van der Waals surface area contributed by atoms with Crippen LogP contribution >= 0.6 is 22.9 Å². The van der Waals surface area contributed by atoms with Crippen LogP contribution in [0.25, 0.3) is 26.7 Å². The molecule has 0 unspecified atom stereocenters. The fraction of sp³-hybridized carbons (Fsp3) is 0.167. The lowest BCUT2D eigenvalue weighted by Crippen LogP contribution is -2.24. The third-order valence-corrected chi connectivity index (χ3v) is 7.55. The summed E-state index contributed by atoms with van der Waals surface area (Å²) in [5.41, 5.74) is 2.97. The lowest BCUT2D eigenvalue weighted by atomic mass is 10.2. The number of amides is 1. The smallest absolute Gasteiger partial charge is 0.226 e. The molecule has 0 aliphatic heterocycles. The number of sulfone groups is 1. The molecule has 6 nitrogen and oxygen atoms in total. The Kier molecular flexibility index (Phi) is 6.69. The van der Waals surface area contributed by atoms with Gasteiger partial charge < -0.3 is 5.32 Å². The molecule has 4 rings (SSSR count).